The third-order valence-corrected chi connectivity index (χ3v) is 5.30. The summed E-state index contributed by atoms with van der Waals surface area (Å²) in [6.07, 6.45) is 0.662. The maximum atomic E-state index is 13.1. The predicted molar refractivity (Wildman–Crippen MR) is 109 cm³/mol. The largest absolute Gasteiger partial charge is 0.368 e. The molecule has 0 spiro atoms. The minimum absolute atomic E-state index is 0.00536. The van der Waals surface area contributed by atoms with Gasteiger partial charge in [0.2, 0.25) is 5.91 Å². The zero-order chi connectivity index (χ0) is 21.1. The van der Waals surface area contributed by atoms with Gasteiger partial charge in [-0.05, 0) is 36.8 Å². The average Bonchev–Trinajstić information content (AvgIpc) is 3.16. The van der Waals surface area contributed by atoms with Gasteiger partial charge in [-0.15, -0.1) is 0 Å². The van der Waals surface area contributed by atoms with Gasteiger partial charge in [-0.2, -0.15) is 0 Å². The maximum Gasteiger partial charge on any atom is 0.227 e. The molecule has 0 bridgehead atoms. The number of pyridine rings is 1. The molecule has 0 saturated carbocycles. The molecule has 6 nitrogen and oxygen atoms in total. The average molecular weight is 409 g/mol. The standard InChI is InChI=1S/C23H24FN3O3/c1-3-20-23(15(2)26-30-20)19-6-4-5-18(25-19)21-14-27(11-12-29-21)22(28)13-16-7-9-17(24)10-8-16/h4-10,21H,3,11-14H2,1-2H3/t21-/m1/s1. The summed E-state index contributed by atoms with van der Waals surface area (Å²) in [6, 6.07) is 11.8. The van der Waals surface area contributed by atoms with Gasteiger partial charge >= 0.3 is 0 Å². The van der Waals surface area contributed by atoms with Crippen LogP contribution < -0.4 is 0 Å². The van der Waals surface area contributed by atoms with Crippen LogP contribution in [0.5, 0.6) is 0 Å². The van der Waals surface area contributed by atoms with E-state index in [1.54, 1.807) is 17.0 Å². The Labute approximate surface area is 174 Å². The molecule has 4 rings (SSSR count). The lowest BCUT2D eigenvalue weighted by atomic mass is 10.1. The second-order valence-corrected chi connectivity index (χ2v) is 7.37. The van der Waals surface area contributed by atoms with Gasteiger partial charge in [0.05, 0.1) is 42.2 Å². The first-order chi connectivity index (χ1) is 14.5. The van der Waals surface area contributed by atoms with Gasteiger partial charge in [-0.1, -0.05) is 30.3 Å². The molecule has 1 aliphatic heterocycles. The lowest BCUT2D eigenvalue weighted by Crippen LogP contribution is -2.43. The summed E-state index contributed by atoms with van der Waals surface area (Å²) in [4.78, 5) is 19.3. The molecule has 0 radical (unpaired) electrons. The highest BCUT2D eigenvalue weighted by Gasteiger charge is 2.27. The summed E-state index contributed by atoms with van der Waals surface area (Å²) in [7, 11) is 0. The summed E-state index contributed by atoms with van der Waals surface area (Å²) in [5.74, 6) is 0.491. The summed E-state index contributed by atoms with van der Waals surface area (Å²) >= 11 is 0. The minimum Gasteiger partial charge on any atom is -0.368 e. The number of amides is 1. The van der Waals surface area contributed by atoms with E-state index in [2.05, 4.69) is 5.16 Å². The quantitative estimate of drug-likeness (QED) is 0.640. The molecular formula is C23H24FN3O3. The van der Waals surface area contributed by atoms with Crippen molar-refractivity contribution >= 4 is 5.91 Å². The van der Waals surface area contributed by atoms with Gasteiger partial charge in [0.1, 0.15) is 17.7 Å². The molecule has 1 fully saturated rings. The Morgan fingerprint density at radius 2 is 2.03 bits per heavy atom. The van der Waals surface area contributed by atoms with E-state index in [-0.39, 0.29) is 24.2 Å². The number of rotatable bonds is 5. The van der Waals surface area contributed by atoms with E-state index in [4.69, 9.17) is 14.2 Å². The molecule has 7 heteroatoms. The zero-order valence-corrected chi connectivity index (χ0v) is 17.1. The Balaban J connectivity index is 1.50. The van der Waals surface area contributed by atoms with E-state index < -0.39 is 0 Å². The first-order valence-electron chi connectivity index (χ1n) is 10.1. The highest BCUT2D eigenvalue weighted by atomic mass is 19.1. The molecule has 3 heterocycles. The van der Waals surface area contributed by atoms with Crippen LogP contribution in [0.4, 0.5) is 4.39 Å². The van der Waals surface area contributed by atoms with Crippen molar-refractivity contribution in [3.63, 3.8) is 0 Å². The van der Waals surface area contributed by atoms with Crippen molar-refractivity contribution in [2.75, 3.05) is 19.7 Å². The predicted octanol–water partition coefficient (Wildman–Crippen LogP) is 3.89. The van der Waals surface area contributed by atoms with Crippen molar-refractivity contribution in [3.05, 3.63) is 71.0 Å². The van der Waals surface area contributed by atoms with Gasteiger partial charge in [0, 0.05) is 13.0 Å². The summed E-state index contributed by atoms with van der Waals surface area (Å²) in [6.45, 7) is 5.32. The molecule has 1 aromatic carbocycles. The van der Waals surface area contributed by atoms with Crippen LogP contribution in [0.2, 0.25) is 0 Å². The highest BCUT2D eigenvalue weighted by Crippen LogP contribution is 2.29. The molecule has 0 aliphatic carbocycles. The van der Waals surface area contributed by atoms with Crippen LogP contribution in [0, 0.1) is 12.7 Å². The first-order valence-corrected chi connectivity index (χ1v) is 10.1. The topological polar surface area (TPSA) is 68.5 Å². The zero-order valence-electron chi connectivity index (χ0n) is 17.1. The number of nitrogens with zero attached hydrogens (tertiary/aromatic N) is 3. The van der Waals surface area contributed by atoms with Crippen LogP contribution in [0.25, 0.3) is 11.3 Å². The lowest BCUT2D eigenvalue weighted by Gasteiger charge is -2.33. The van der Waals surface area contributed by atoms with Crippen LogP contribution in [0.3, 0.4) is 0 Å². The molecule has 1 amide bonds. The molecule has 0 N–H and O–H groups in total. The monoisotopic (exact) mass is 409 g/mol. The minimum atomic E-state index is -0.308. The van der Waals surface area contributed by atoms with Crippen LogP contribution >= 0.6 is 0 Å². The molecule has 30 heavy (non-hydrogen) atoms. The normalized spacial score (nSPS) is 16.6. The second kappa shape index (κ2) is 8.75. The Morgan fingerprint density at radius 1 is 1.23 bits per heavy atom. The van der Waals surface area contributed by atoms with Crippen molar-refractivity contribution < 1.29 is 18.4 Å². The number of aromatic nitrogens is 2. The fraction of sp³-hybridized carbons (Fsp3) is 0.348. The summed E-state index contributed by atoms with van der Waals surface area (Å²) < 4.78 is 24.4. The van der Waals surface area contributed by atoms with Gasteiger partial charge < -0.3 is 14.2 Å². The highest BCUT2D eigenvalue weighted by molar-refractivity contribution is 5.79. The van der Waals surface area contributed by atoms with E-state index in [9.17, 15) is 9.18 Å². The molecule has 3 aromatic rings. The number of hydrogen-bond donors (Lipinski definition) is 0. The molecule has 0 unspecified atom stereocenters. The Morgan fingerprint density at radius 3 is 2.80 bits per heavy atom. The Kier molecular flexibility index (Phi) is 5.90. The molecule has 1 saturated heterocycles. The summed E-state index contributed by atoms with van der Waals surface area (Å²) in [5.41, 5.74) is 4.08. The number of morpholine rings is 1. The molecule has 2 aromatic heterocycles. The third-order valence-electron chi connectivity index (χ3n) is 5.30. The third kappa shape index (κ3) is 4.26. The van der Waals surface area contributed by atoms with Gasteiger partial charge in [-0.25, -0.2) is 9.37 Å². The molecule has 1 aliphatic rings. The van der Waals surface area contributed by atoms with E-state index >= 15 is 0 Å². The van der Waals surface area contributed by atoms with Crippen LogP contribution in [0.15, 0.2) is 47.0 Å². The van der Waals surface area contributed by atoms with Crippen molar-refractivity contribution in [3.8, 4) is 11.3 Å². The number of aryl methyl sites for hydroxylation is 2. The Hall–Kier alpha value is -3.06. The van der Waals surface area contributed by atoms with Crippen LogP contribution in [-0.2, 0) is 22.4 Å². The number of carbonyl (C=O) groups is 1. The van der Waals surface area contributed by atoms with Gasteiger partial charge in [0.15, 0.2) is 0 Å². The second-order valence-electron chi connectivity index (χ2n) is 7.37. The number of carbonyl (C=O) groups excluding carboxylic acids is 1. The van der Waals surface area contributed by atoms with Crippen molar-refractivity contribution in [1.82, 2.24) is 15.0 Å². The summed E-state index contributed by atoms with van der Waals surface area (Å²) in [5, 5.41) is 4.06. The van der Waals surface area contributed by atoms with E-state index in [1.165, 1.54) is 12.1 Å². The number of benzene rings is 1. The Bertz CT molecular complexity index is 1030. The maximum absolute atomic E-state index is 13.1. The lowest BCUT2D eigenvalue weighted by molar-refractivity contribution is -0.138. The number of hydrogen-bond acceptors (Lipinski definition) is 5. The van der Waals surface area contributed by atoms with Gasteiger partial charge in [-0.3, -0.25) is 4.79 Å². The molecule has 156 valence electrons. The van der Waals surface area contributed by atoms with E-state index in [1.807, 2.05) is 32.0 Å². The van der Waals surface area contributed by atoms with Crippen LogP contribution in [0.1, 0.15) is 35.7 Å². The fourth-order valence-corrected chi connectivity index (χ4v) is 3.70. The fourth-order valence-electron chi connectivity index (χ4n) is 3.70. The van der Waals surface area contributed by atoms with Crippen molar-refractivity contribution in [2.24, 2.45) is 0 Å². The van der Waals surface area contributed by atoms with E-state index in [0.717, 1.165) is 40.4 Å². The smallest absolute Gasteiger partial charge is 0.227 e. The SMILES string of the molecule is CCc1onc(C)c1-c1cccc([C@H]2CN(C(=O)Cc3ccc(F)cc3)CCO2)n1. The van der Waals surface area contributed by atoms with Crippen molar-refractivity contribution in [1.29, 1.82) is 0 Å². The van der Waals surface area contributed by atoms with Gasteiger partial charge in [0.25, 0.3) is 0 Å². The van der Waals surface area contributed by atoms with Crippen molar-refractivity contribution in [2.45, 2.75) is 32.8 Å². The first kappa shape index (κ1) is 20.2. The number of ether oxygens (including phenoxy) is 1. The molecular weight excluding hydrogens is 385 g/mol. The molecule has 1 atom stereocenters. The van der Waals surface area contributed by atoms with Crippen LogP contribution in [-0.4, -0.2) is 40.6 Å². The van der Waals surface area contributed by atoms with E-state index in [0.29, 0.717) is 19.7 Å². The number of halogens is 1.